The average Bonchev–Trinajstić information content (AvgIpc) is 2.96. The van der Waals surface area contributed by atoms with Gasteiger partial charge in [-0.15, -0.1) is 11.3 Å². The molecule has 0 unspecified atom stereocenters. The van der Waals surface area contributed by atoms with Gasteiger partial charge in [-0.25, -0.2) is 0 Å². The molecule has 0 spiro atoms. The van der Waals surface area contributed by atoms with Gasteiger partial charge in [0, 0.05) is 50.6 Å². The second kappa shape index (κ2) is 9.56. The molecule has 0 amide bonds. The number of hydrogen-bond donors (Lipinski definition) is 1. The van der Waals surface area contributed by atoms with E-state index in [0.29, 0.717) is 13.0 Å². The highest BCUT2D eigenvalue weighted by Gasteiger charge is 2.19. The maximum Gasteiger partial charge on any atom is 0.305 e. The van der Waals surface area contributed by atoms with E-state index in [2.05, 4.69) is 47.9 Å². The number of piperazine rings is 1. The van der Waals surface area contributed by atoms with Crippen molar-refractivity contribution in [2.75, 3.05) is 39.8 Å². The van der Waals surface area contributed by atoms with E-state index in [-0.39, 0.29) is 5.97 Å². The molecule has 1 aromatic rings. The molecule has 2 heterocycles. The molecular weight excluding hydrogens is 398 g/mol. The van der Waals surface area contributed by atoms with Gasteiger partial charge in [0.15, 0.2) is 5.11 Å². The van der Waals surface area contributed by atoms with Gasteiger partial charge in [0.25, 0.3) is 0 Å². The Balaban J connectivity index is 1.63. The normalized spacial score (nSPS) is 15.5. The summed E-state index contributed by atoms with van der Waals surface area (Å²) in [6.45, 7) is 5.62. The fraction of sp³-hybridized carbons (Fsp3) is 0.600. The zero-order valence-electron chi connectivity index (χ0n) is 13.2. The smallest absolute Gasteiger partial charge is 0.305 e. The maximum absolute atomic E-state index is 11.0. The van der Waals surface area contributed by atoms with Crippen molar-refractivity contribution in [3.05, 3.63) is 20.8 Å². The molecular formula is C15H22BrN3O2S2. The first-order valence-electron chi connectivity index (χ1n) is 7.64. The average molecular weight is 420 g/mol. The molecule has 23 heavy (non-hydrogen) atoms. The van der Waals surface area contributed by atoms with Crippen LogP contribution in [-0.2, 0) is 16.1 Å². The van der Waals surface area contributed by atoms with Crippen molar-refractivity contribution < 1.29 is 9.53 Å². The minimum Gasteiger partial charge on any atom is -0.469 e. The first kappa shape index (κ1) is 18.6. The van der Waals surface area contributed by atoms with E-state index in [0.717, 1.165) is 44.3 Å². The fourth-order valence-corrected chi connectivity index (χ4v) is 4.22. The Morgan fingerprint density at radius 3 is 2.74 bits per heavy atom. The minimum absolute atomic E-state index is 0.174. The van der Waals surface area contributed by atoms with Gasteiger partial charge >= 0.3 is 5.97 Å². The molecule has 2 rings (SSSR count). The van der Waals surface area contributed by atoms with Crippen molar-refractivity contribution >= 4 is 50.6 Å². The molecule has 0 aliphatic carbocycles. The molecule has 5 nitrogen and oxygen atoms in total. The molecule has 1 aliphatic heterocycles. The Kier molecular flexibility index (Phi) is 7.75. The molecule has 128 valence electrons. The largest absolute Gasteiger partial charge is 0.469 e. The highest BCUT2D eigenvalue weighted by atomic mass is 79.9. The summed E-state index contributed by atoms with van der Waals surface area (Å²) in [6, 6.07) is 4.28. The van der Waals surface area contributed by atoms with Crippen molar-refractivity contribution in [2.24, 2.45) is 0 Å². The quantitative estimate of drug-likeness (QED) is 0.434. The number of thiophene rings is 1. The molecule has 1 aliphatic rings. The van der Waals surface area contributed by atoms with E-state index in [1.165, 1.54) is 15.8 Å². The molecule has 0 radical (unpaired) electrons. The van der Waals surface area contributed by atoms with Gasteiger partial charge in [-0.1, -0.05) is 0 Å². The zero-order valence-corrected chi connectivity index (χ0v) is 16.4. The Morgan fingerprint density at radius 2 is 2.13 bits per heavy atom. The second-order valence-corrected chi connectivity index (χ2v) is 8.31. The van der Waals surface area contributed by atoms with E-state index in [1.54, 1.807) is 11.3 Å². The van der Waals surface area contributed by atoms with E-state index < -0.39 is 0 Å². The van der Waals surface area contributed by atoms with E-state index in [4.69, 9.17) is 12.2 Å². The van der Waals surface area contributed by atoms with Crippen LogP contribution in [0.15, 0.2) is 15.9 Å². The second-order valence-electron chi connectivity index (χ2n) is 5.38. The monoisotopic (exact) mass is 419 g/mol. The van der Waals surface area contributed by atoms with Crippen molar-refractivity contribution in [3.63, 3.8) is 0 Å². The van der Waals surface area contributed by atoms with E-state index in [1.807, 2.05) is 0 Å². The van der Waals surface area contributed by atoms with Crippen LogP contribution in [0.3, 0.4) is 0 Å². The lowest BCUT2D eigenvalue weighted by Gasteiger charge is -2.36. The number of ether oxygens (including phenoxy) is 1. The first-order valence-corrected chi connectivity index (χ1v) is 9.66. The van der Waals surface area contributed by atoms with Crippen molar-refractivity contribution in [3.8, 4) is 0 Å². The summed E-state index contributed by atoms with van der Waals surface area (Å²) >= 11 is 10.7. The summed E-state index contributed by atoms with van der Waals surface area (Å²) in [5, 5.41) is 4.01. The number of esters is 1. The molecule has 8 heteroatoms. The third-order valence-electron chi connectivity index (χ3n) is 3.73. The van der Waals surface area contributed by atoms with Gasteiger partial charge < -0.3 is 15.0 Å². The van der Waals surface area contributed by atoms with Gasteiger partial charge in [0.05, 0.1) is 10.9 Å². The topological polar surface area (TPSA) is 44.8 Å². The Morgan fingerprint density at radius 1 is 1.39 bits per heavy atom. The van der Waals surface area contributed by atoms with Crippen molar-refractivity contribution in [1.82, 2.24) is 15.1 Å². The highest BCUT2D eigenvalue weighted by molar-refractivity contribution is 9.11. The standard InChI is InChI=1S/C15H22BrN3O2S2/c1-21-14(20)3-2-6-17-15(22)19-9-7-18(8-10-19)11-12-4-5-13(16)23-12/h4-5H,2-3,6-11H2,1H3,(H,17,22). The minimum atomic E-state index is -0.174. The molecule has 1 aromatic heterocycles. The Hall–Kier alpha value is -0.700. The molecule has 1 N–H and O–H groups in total. The molecule has 0 bridgehead atoms. The van der Waals surface area contributed by atoms with Crippen LogP contribution in [0.1, 0.15) is 17.7 Å². The number of nitrogens with one attached hydrogen (secondary N) is 1. The van der Waals surface area contributed by atoms with Crippen LogP contribution in [0.2, 0.25) is 0 Å². The third-order valence-corrected chi connectivity index (χ3v) is 5.74. The number of carbonyl (C=O) groups is 1. The number of carbonyl (C=O) groups excluding carboxylic acids is 1. The number of hydrogen-bond acceptors (Lipinski definition) is 5. The SMILES string of the molecule is COC(=O)CCCNC(=S)N1CCN(Cc2ccc(Br)s2)CC1. The lowest BCUT2D eigenvalue weighted by Crippen LogP contribution is -2.51. The number of halogens is 1. The Bertz CT molecular complexity index is 531. The van der Waals surface area contributed by atoms with Crippen LogP contribution in [0.4, 0.5) is 0 Å². The maximum atomic E-state index is 11.0. The van der Waals surface area contributed by atoms with Crippen LogP contribution in [0.5, 0.6) is 0 Å². The number of methoxy groups -OCH3 is 1. The van der Waals surface area contributed by atoms with Gasteiger partial charge in [-0.3, -0.25) is 9.69 Å². The fourth-order valence-electron chi connectivity index (χ4n) is 2.41. The van der Waals surface area contributed by atoms with Crippen LogP contribution in [-0.4, -0.2) is 60.7 Å². The van der Waals surface area contributed by atoms with Crippen molar-refractivity contribution in [2.45, 2.75) is 19.4 Å². The summed E-state index contributed by atoms with van der Waals surface area (Å²) in [6.07, 6.45) is 1.16. The molecule has 1 fully saturated rings. The number of thiocarbonyl (C=S) groups is 1. The van der Waals surface area contributed by atoms with Gasteiger partial charge in [0.1, 0.15) is 0 Å². The van der Waals surface area contributed by atoms with Crippen LogP contribution in [0.25, 0.3) is 0 Å². The molecule has 0 saturated carbocycles. The van der Waals surface area contributed by atoms with Crippen LogP contribution >= 0.6 is 39.5 Å². The van der Waals surface area contributed by atoms with Gasteiger partial charge in [-0.2, -0.15) is 0 Å². The summed E-state index contributed by atoms with van der Waals surface area (Å²) in [5.41, 5.74) is 0. The Labute approximate surface area is 155 Å². The predicted octanol–water partition coefficient (Wildman–Crippen LogP) is 2.46. The summed E-state index contributed by atoms with van der Waals surface area (Å²) in [5.74, 6) is -0.174. The van der Waals surface area contributed by atoms with E-state index >= 15 is 0 Å². The third kappa shape index (κ3) is 6.37. The predicted molar refractivity (Wildman–Crippen MR) is 101 cm³/mol. The molecule has 1 saturated heterocycles. The molecule has 0 aromatic carbocycles. The van der Waals surface area contributed by atoms with Gasteiger partial charge in [-0.05, 0) is 46.7 Å². The van der Waals surface area contributed by atoms with Crippen LogP contribution < -0.4 is 5.32 Å². The lowest BCUT2D eigenvalue weighted by molar-refractivity contribution is -0.140. The summed E-state index contributed by atoms with van der Waals surface area (Å²) in [4.78, 5) is 17.1. The summed E-state index contributed by atoms with van der Waals surface area (Å²) < 4.78 is 5.80. The lowest BCUT2D eigenvalue weighted by atomic mass is 10.3. The first-order chi connectivity index (χ1) is 11.1. The number of rotatable bonds is 6. The van der Waals surface area contributed by atoms with E-state index in [9.17, 15) is 4.79 Å². The number of nitrogens with zero attached hydrogens (tertiary/aromatic N) is 2. The highest BCUT2D eigenvalue weighted by Crippen LogP contribution is 2.23. The zero-order chi connectivity index (χ0) is 16.7. The van der Waals surface area contributed by atoms with Crippen LogP contribution in [0, 0.1) is 0 Å². The molecule has 0 atom stereocenters. The van der Waals surface area contributed by atoms with Gasteiger partial charge in [0.2, 0.25) is 0 Å². The van der Waals surface area contributed by atoms with Crippen molar-refractivity contribution in [1.29, 1.82) is 0 Å². The summed E-state index contributed by atoms with van der Waals surface area (Å²) in [7, 11) is 1.41.